The minimum absolute atomic E-state index is 0.372. The summed E-state index contributed by atoms with van der Waals surface area (Å²) in [7, 11) is 0. The standard InChI is InChI=1S/C16H16BrIN2O3/c1-2-22-14-8-11(16(21)20-19)7-13(18)15(14)23-9-10-3-5-12(17)6-4-10/h3-8H,2,9,19H2,1H3,(H,20,21). The predicted molar refractivity (Wildman–Crippen MR) is 100 cm³/mol. The molecule has 0 spiro atoms. The van der Waals surface area contributed by atoms with E-state index in [0.717, 1.165) is 13.6 Å². The molecular weight excluding hydrogens is 475 g/mol. The van der Waals surface area contributed by atoms with Gasteiger partial charge < -0.3 is 9.47 Å². The van der Waals surface area contributed by atoms with E-state index in [2.05, 4.69) is 43.9 Å². The quantitative estimate of drug-likeness (QED) is 0.280. The zero-order valence-corrected chi connectivity index (χ0v) is 16.2. The number of benzene rings is 2. The average Bonchev–Trinajstić information content (AvgIpc) is 2.55. The largest absolute Gasteiger partial charge is 0.490 e. The molecule has 0 aliphatic heterocycles. The molecule has 2 aromatic rings. The fraction of sp³-hybridized carbons (Fsp3) is 0.188. The summed E-state index contributed by atoms with van der Waals surface area (Å²) >= 11 is 5.52. The van der Waals surface area contributed by atoms with Gasteiger partial charge in [0.1, 0.15) is 6.61 Å². The van der Waals surface area contributed by atoms with E-state index in [4.69, 9.17) is 15.3 Å². The summed E-state index contributed by atoms with van der Waals surface area (Å²) in [6, 6.07) is 11.2. The van der Waals surface area contributed by atoms with E-state index >= 15 is 0 Å². The number of nitrogens with two attached hydrogens (primary N) is 1. The molecule has 23 heavy (non-hydrogen) atoms. The van der Waals surface area contributed by atoms with Crippen LogP contribution in [0.15, 0.2) is 40.9 Å². The van der Waals surface area contributed by atoms with Crippen molar-refractivity contribution in [3.63, 3.8) is 0 Å². The van der Waals surface area contributed by atoms with Crippen LogP contribution in [-0.2, 0) is 6.61 Å². The van der Waals surface area contributed by atoms with E-state index in [1.807, 2.05) is 31.2 Å². The molecule has 1 amide bonds. The Morgan fingerprint density at radius 2 is 1.96 bits per heavy atom. The molecule has 3 N–H and O–H groups in total. The summed E-state index contributed by atoms with van der Waals surface area (Å²) in [5, 5.41) is 0. The second kappa shape index (κ2) is 8.51. The van der Waals surface area contributed by atoms with Gasteiger partial charge >= 0.3 is 0 Å². The Labute approximate surface area is 156 Å². The van der Waals surface area contributed by atoms with Crippen LogP contribution in [0.5, 0.6) is 11.5 Å². The second-order valence-corrected chi connectivity index (χ2v) is 6.68. The van der Waals surface area contributed by atoms with Gasteiger partial charge in [-0.1, -0.05) is 28.1 Å². The monoisotopic (exact) mass is 490 g/mol. The SMILES string of the molecule is CCOc1cc(C(=O)NN)cc(I)c1OCc1ccc(Br)cc1. The molecule has 0 saturated heterocycles. The first kappa shape index (κ1) is 18.0. The molecule has 122 valence electrons. The number of ether oxygens (including phenoxy) is 2. The fourth-order valence-electron chi connectivity index (χ4n) is 1.92. The van der Waals surface area contributed by atoms with E-state index in [1.54, 1.807) is 12.1 Å². The Hall–Kier alpha value is -1.32. The van der Waals surface area contributed by atoms with Gasteiger partial charge in [0.05, 0.1) is 10.2 Å². The normalized spacial score (nSPS) is 10.3. The summed E-state index contributed by atoms with van der Waals surface area (Å²) in [4.78, 5) is 11.7. The lowest BCUT2D eigenvalue weighted by atomic mass is 10.2. The number of rotatable bonds is 6. The van der Waals surface area contributed by atoms with E-state index < -0.39 is 0 Å². The molecule has 7 heteroatoms. The van der Waals surface area contributed by atoms with Crippen LogP contribution in [0, 0.1) is 3.57 Å². The minimum Gasteiger partial charge on any atom is -0.490 e. The molecule has 2 rings (SSSR count). The first-order chi connectivity index (χ1) is 11.0. The van der Waals surface area contributed by atoms with Gasteiger partial charge in [-0.05, 0) is 59.3 Å². The van der Waals surface area contributed by atoms with Crippen molar-refractivity contribution in [2.75, 3.05) is 6.61 Å². The number of nitrogens with one attached hydrogen (secondary N) is 1. The Morgan fingerprint density at radius 3 is 2.57 bits per heavy atom. The lowest BCUT2D eigenvalue weighted by molar-refractivity contribution is 0.0953. The minimum atomic E-state index is -0.372. The van der Waals surface area contributed by atoms with Gasteiger partial charge in [-0.3, -0.25) is 10.2 Å². The highest BCUT2D eigenvalue weighted by atomic mass is 127. The summed E-state index contributed by atoms with van der Waals surface area (Å²) in [5.41, 5.74) is 3.58. The lowest BCUT2D eigenvalue weighted by Gasteiger charge is -2.15. The van der Waals surface area contributed by atoms with Gasteiger partial charge in [-0.15, -0.1) is 0 Å². The highest BCUT2D eigenvalue weighted by molar-refractivity contribution is 14.1. The molecule has 0 aliphatic rings. The highest BCUT2D eigenvalue weighted by Crippen LogP contribution is 2.35. The van der Waals surface area contributed by atoms with Crippen molar-refractivity contribution >= 4 is 44.4 Å². The number of hydrogen-bond donors (Lipinski definition) is 2. The van der Waals surface area contributed by atoms with Crippen LogP contribution >= 0.6 is 38.5 Å². The summed E-state index contributed by atoms with van der Waals surface area (Å²) in [5.74, 6) is 5.95. The van der Waals surface area contributed by atoms with Gasteiger partial charge in [0.25, 0.3) is 5.91 Å². The maximum Gasteiger partial charge on any atom is 0.265 e. The van der Waals surface area contributed by atoms with Gasteiger partial charge in [0, 0.05) is 10.0 Å². The van der Waals surface area contributed by atoms with Crippen LogP contribution in [0.3, 0.4) is 0 Å². The molecule has 5 nitrogen and oxygen atoms in total. The molecule has 0 aromatic heterocycles. The van der Waals surface area contributed by atoms with Crippen molar-refractivity contribution in [2.45, 2.75) is 13.5 Å². The number of carbonyl (C=O) groups excluding carboxylic acids is 1. The third-order valence-corrected chi connectivity index (χ3v) is 4.33. The summed E-state index contributed by atoms with van der Waals surface area (Å²) in [6.45, 7) is 2.76. The van der Waals surface area contributed by atoms with Crippen molar-refractivity contribution in [2.24, 2.45) is 5.84 Å². The predicted octanol–water partition coefficient (Wildman–Crippen LogP) is 3.63. The zero-order chi connectivity index (χ0) is 16.8. The van der Waals surface area contributed by atoms with Crippen molar-refractivity contribution < 1.29 is 14.3 Å². The van der Waals surface area contributed by atoms with Crippen molar-refractivity contribution in [3.8, 4) is 11.5 Å². The van der Waals surface area contributed by atoms with Crippen molar-refractivity contribution in [1.82, 2.24) is 5.43 Å². The first-order valence-corrected chi connectivity index (χ1v) is 8.76. The topological polar surface area (TPSA) is 73.6 Å². The number of hydrogen-bond acceptors (Lipinski definition) is 4. The van der Waals surface area contributed by atoms with Gasteiger partial charge in [0.2, 0.25) is 0 Å². The highest BCUT2D eigenvalue weighted by Gasteiger charge is 2.15. The van der Waals surface area contributed by atoms with E-state index in [9.17, 15) is 4.79 Å². The maximum atomic E-state index is 11.7. The second-order valence-electron chi connectivity index (χ2n) is 4.61. The third-order valence-electron chi connectivity index (χ3n) is 3.00. The van der Waals surface area contributed by atoms with Crippen LogP contribution in [-0.4, -0.2) is 12.5 Å². The van der Waals surface area contributed by atoms with Crippen LogP contribution in [0.2, 0.25) is 0 Å². The van der Waals surface area contributed by atoms with Gasteiger partial charge in [0.15, 0.2) is 11.5 Å². The smallest absolute Gasteiger partial charge is 0.265 e. The molecule has 0 bridgehead atoms. The number of hydrazine groups is 1. The molecule has 0 fully saturated rings. The molecular formula is C16H16BrIN2O3. The summed E-state index contributed by atoms with van der Waals surface area (Å²) < 4.78 is 13.3. The average molecular weight is 491 g/mol. The number of halogens is 2. The van der Waals surface area contributed by atoms with Crippen LogP contribution in [0.4, 0.5) is 0 Å². The van der Waals surface area contributed by atoms with E-state index in [1.165, 1.54) is 0 Å². The molecule has 0 atom stereocenters. The first-order valence-electron chi connectivity index (χ1n) is 6.89. The maximum absolute atomic E-state index is 11.7. The van der Waals surface area contributed by atoms with Gasteiger partial charge in [-0.25, -0.2) is 5.84 Å². The summed E-state index contributed by atoms with van der Waals surface area (Å²) in [6.07, 6.45) is 0. The Balaban J connectivity index is 2.25. The molecule has 0 aliphatic carbocycles. The number of amides is 1. The van der Waals surface area contributed by atoms with E-state index in [-0.39, 0.29) is 5.91 Å². The van der Waals surface area contributed by atoms with Crippen molar-refractivity contribution in [1.29, 1.82) is 0 Å². The lowest BCUT2D eigenvalue weighted by Crippen LogP contribution is -2.30. The molecule has 0 heterocycles. The number of nitrogen functional groups attached to an aromatic ring is 1. The fourth-order valence-corrected chi connectivity index (χ4v) is 2.94. The van der Waals surface area contributed by atoms with Crippen molar-refractivity contribution in [3.05, 3.63) is 55.6 Å². The Morgan fingerprint density at radius 1 is 1.26 bits per heavy atom. The molecule has 0 radical (unpaired) electrons. The van der Waals surface area contributed by atoms with E-state index in [0.29, 0.717) is 30.3 Å². The number of carbonyl (C=O) groups is 1. The van der Waals surface area contributed by atoms with Gasteiger partial charge in [-0.2, -0.15) is 0 Å². The molecule has 2 aromatic carbocycles. The third kappa shape index (κ3) is 4.82. The Bertz CT molecular complexity index is 692. The molecule has 0 saturated carbocycles. The van der Waals surface area contributed by atoms with Crippen LogP contribution in [0.1, 0.15) is 22.8 Å². The Kier molecular flexibility index (Phi) is 6.67. The van der Waals surface area contributed by atoms with Crippen LogP contribution < -0.4 is 20.7 Å². The molecule has 0 unspecified atom stereocenters. The van der Waals surface area contributed by atoms with Crippen LogP contribution in [0.25, 0.3) is 0 Å². The zero-order valence-electron chi connectivity index (χ0n) is 12.4.